The second-order valence-corrected chi connectivity index (χ2v) is 23.1. The van der Waals surface area contributed by atoms with Gasteiger partial charge in [0.05, 0.1) is 28.0 Å². The minimum absolute atomic E-state index is 0.0780. The molecule has 1 aliphatic rings. The fourth-order valence-corrected chi connectivity index (χ4v) is 9.73. The van der Waals surface area contributed by atoms with Crippen LogP contribution in [0.5, 0.6) is 5.75 Å². The Bertz CT molecular complexity index is 3160. The molecule has 1 fully saturated rings. The molecule has 2 aromatic heterocycles. The van der Waals surface area contributed by atoms with Gasteiger partial charge in [0.15, 0.2) is 0 Å². The fraction of sp³-hybridized carbons (Fsp3) is 0.333. The van der Waals surface area contributed by atoms with Crippen LogP contribution in [0.15, 0.2) is 140 Å². The Kier molecular flexibility index (Phi) is 11.4. The number of hydrogen-bond acceptors (Lipinski definition) is 3. The molecule has 1 N–H and O–H groups in total. The van der Waals surface area contributed by atoms with Gasteiger partial charge in [-0.25, -0.2) is 4.98 Å². The van der Waals surface area contributed by atoms with Gasteiger partial charge in [0.25, 0.3) is 0 Å². The first-order chi connectivity index (χ1) is 32.0. The summed E-state index contributed by atoms with van der Waals surface area (Å²) in [5, 5.41) is 12.6. The molecule has 1 aliphatic carbocycles. The molecular weight excluding hydrogens is 815 g/mol. The summed E-state index contributed by atoms with van der Waals surface area (Å²) in [6.07, 6.45) is 6.02. The smallest absolute Gasteiger partial charge is 0.149 e. The van der Waals surface area contributed by atoms with Crippen LogP contribution in [0, 0.1) is 0 Å². The van der Waals surface area contributed by atoms with Gasteiger partial charge in [-0.1, -0.05) is 181 Å². The van der Waals surface area contributed by atoms with Crippen LogP contribution in [0.3, 0.4) is 0 Å². The van der Waals surface area contributed by atoms with E-state index in [-0.39, 0.29) is 27.4 Å². The van der Waals surface area contributed by atoms with Crippen molar-refractivity contribution >= 4 is 11.0 Å². The standard InChI is InChI=1S/C63H69N3O/c1-60(2,3)47-29-30-55(51(37-47)43-21-14-13-15-22-43)66-56-24-18-23-50(57(56)65-59(66)52-38-49(62(7,8)9)39-53(58(52)67)63(10,11)12)45-33-46(35-48(34-45)61(4,5)6)54-36-44(31-32-64-54)42-27-25-41(26-28-42)40-19-16-17-20-40/h13-15,18,21-40,67H,16-17,19-20H2,1-12H3/i40D. The van der Waals surface area contributed by atoms with Crippen molar-refractivity contribution < 1.29 is 6.48 Å². The second-order valence-electron chi connectivity index (χ2n) is 23.1. The third kappa shape index (κ3) is 9.12. The number of phenols is 1. The maximum atomic E-state index is 12.6. The van der Waals surface area contributed by atoms with E-state index in [1.807, 2.05) is 6.20 Å². The number of para-hydroxylation sites is 1. The average Bonchev–Trinajstić information content (AvgIpc) is 3.92. The van der Waals surface area contributed by atoms with Gasteiger partial charge < -0.3 is 5.11 Å². The molecule has 2 heterocycles. The normalized spacial score (nSPS) is 14.7. The van der Waals surface area contributed by atoms with Gasteiger partial charge in [-0.3, -0.25) is 9.55 Å². The maximum absolute atomic E-state index is 12.6. The lowest BCUT2D eigenvalue weighted by Gasteiger charge is -2.28. The highest BCUT2D eigenvalue weighted by atomic mass is 16.3. The number of pyridine rings is 1. The van der Waals surface area contributed by atoms with Crippen LogP contribution in [-0.4, -0.2) is 19.6 Å². The molecule has 4 nitrogen and oxygen atoms in total. The van der Waals surface area contributed by atoms with Crippen molar-refractivity contribution in [2.24, 2.45) is 0 Å². The summed E-state index contributed by atoms with van der Waals surface area (Å²) in [4.78, 5) is 10.7. The number of nitrogens with zero attached hydrogens (tertiary/aromatic N) is 3. The van der Waals surface area contributed by atoms with Gasteiger partial charge in [-0.05, 0) is 133 Å². The first-order valence-electron chi connectivity index (χ1n) is 24.8. The summed E-state index contributed by atoms with van der Waals surface area (Å²) in [5.41, 5.74) is 16.8. The second kappa shape index (κ2) is 17.1. The molecule has 67 heavy (non-hydrogen) atoms. The maximum Gasteiger partial charge on any atom is 0.149 e. The molecule has 8 aromatic rings. The summed E-state index contributed by atoms with van der Waals surface area (Å²) < 4.78 is 11.4. The van der Waals surface area contributed by atoms with Gasteiger partial charge in [-0.15, -0.1) is 0 Å². The highest BCUT2D eigenvalue weighted by Crippen LogP contribution is 2.46. The van der Waals surface area contributed by atoms with Crippen LogP contribution < -0.4 is 0 Å². The van der Waals surface area contributed by atoms with Crippen molar-refractivity contribution in [3.05, 3.63) is 167 Å². The van der Waals surface area contributed by atoms with E-state index in [0.29, 0.717) is 11.4 Å². The van der Waals surface area contributed by atoms with Crippen LogP contribution in [0.4, 0.5) is 0 Å². The molecule has 0 bridgehead atoms. The Morgan fingerprint density at radius 1 is 0.522 bits per heavy atom. The Labute approximate surface area is 401 Å². The van der Waals surface area contributed by atoms with Crippen LogP contribution in [0.1, 0.15) is 144 Å². The molecule has 0 amide bonds. The van der Waals surface area contributed by atoms with E-state index >= 15 is 0 Å². The predicted octanol–water partition coefficient (Wildman–Crippen LogP) is 17.3. The zero-order chi connectivity index (χ0) is 48.6. The highest BCUT2D eigenvalue weighted by molar-refractivity contribution is 5.98. The number of aromatic hydroxyl groups is 1. The van der Waals surface area contributed by atoms with E-state index in [1.54, 1.807) is 0 Å². The fourth-order valence-electron chi connectivity index (χ4n) is 9.73. The van der Waals surface area contributed by atoms with Gasteiger partial charge in [-0.2, -0.15) is 0 Å². The van der Waals surface area contributed by atoms with E-state index < -0.39 is 5.89 Å². The quantitative estimate of drug-likeness (QED) is 0.173. The Hall–Kier alpha value is -6.26. The average molecular weight is 885 g/mol. The first-order valence-corrected chi connectivity index (χ1v) is 24.3. The third-order valence-electron chi connectivity index (χ3n) is 13.9. The highest BCUT2D eigenvalue weighted by Gasteiger charge is 2.30. The molecule has 0 radical (unpaired) electrons. The molecule has 4 heteroatoms. The molecular formula is C63H69N3O. The molecule has 9 rings (SSSR count). The Balaban J connectivity index is 1.29. The monoisotopic (exact) mass is 885 g/mol. The first kappa shape index (κ1) is 44.6. The van der Waals surface area contributed by atoms with E-state index in [0.717, 1.165) is 104 Å². The van der Waals surface area contributed by atoms with Crippen molar-refractivity contribution in [2.45, 2.75) is 136 Å². The number of fused-ring (bicyclic) bond motifs is 1. The molecule has 0 aliphatic heterocycles. The van der Waals surface area contributed by atoms with Gasteiger partial charge in [0, 0.05) is 29.8 Å². The Morgan fingerprint density at radius 3 is 1.82 bits per heavy atom. The van der Waals surface area contributed by atoms with Crippen LogP contribution in [0.25, 0.3) is 72.7 Å². The number of hydrogen-bond donors (Lipinski definition) is 1. The van der Waals surface area contributed by atoms with Gasteiger partial charge in [0.1, 0.15) is 11.6 Å². The largest absolute Gasteiger partial charge is 0.507 e. The zero-order valence-corrected chi connectivity index (χ0v) is 41.9. The number of imidazole rings is 1. The summed E-state index contributed by atoms with van der Waals surface area (Å²) in [6, 6.07) is 48.2. The molecule has 1 saturated carbocycles. The summed E-state index contributed by atoms with van der Waals surface area (Å²) in [5.74, 6) is 0.476. The third-order valence-corrected chi connectivity index (χ3v) is 13.9. The van der Waals surface area contributed by atoms with Gasteiger partial charge in [0.2, 0.25) is 0 Å². The van der Waals surface area contributed by atoms with Crippen LogP contribution in [0.2, 0.25) is 0 Å². The van der Waals surface area contributed by atoms with Crippen LogP contribution in [-0.2, 0) is 21.7 Å². The SMILES string of the molecule is [2H]C1(c2ccc(-c3ccnc(-c4cc(-c5cccc6c5nc(-c5cc(C(C)(C)C)cc(C(C)(C)C)c5O)n6-c5ccc(C(C)(C)C)cc5-c5ccccc5)cc(C(C)(C)C)c4)c3)cc2)CCCC1. The molecule has 6 aromatic carbocycles. The van der Waals surface area contributed by atoms with Crippen LogP contribution >= 0.6 is 0 Å². The van der Waals surface area contributed by atoms with E-state index in [1.165, 1.54) is 11.1 Å². The predicted molar refractivity (Wildman–Crippen MR) is 284 cm³/mol. The van der Waals surface area contributed by atoms with Crippen molar-refractivity contribution in [2.75, 3.05) is 0 Å². The number of aromatic nitrogens is 3. The molecule has 0 atom stereocenters. The van der Waals surface area contributed by atoms with E-state index in [2.05, 4.69) is 221 Å². The molecule has 0 saturated heterocycles. The van der Waals surface area contributed by atoms with E-state index in [9.17, 15) is 5.11 Å². The topological polar surface area (TPSA) is 50.9 Å². The van der Waals surface area contributed by atoms with E-state index in [4.69, 9.17) is 11.3 Å². The van der Waals surface area contributed by atoms with Crippen molar-refractivity contribution in [1.29, 1.82) is 0 Å². The lowest BCUT2D eigenvalue weighted by molar-refractivity contribution is 0.446. The lowest BCUT2D eigenvalue weighted by Crippen LogP contribution is -2.17. The lowest BCUT2D eigenvalue weighted by atomic mass is 9.79. The molecule has 0 spiro atoms. The summed E-state index contributed by atoms with van der Waals surface area (Å²) >= 11 is 0. The van der Waals surface area contributed by atoms with Gasteiger partial charge >= 0.3 is 0 Å². The Morgan fingerprint density at radius 2 is 1.16 bits per heavy atom. The zero-order valence-electron chi connectivity index (χ0n) is 42.9. The number of phenolic OH excluding ortho intramolecular Hbond substituents is 1. The minimum Gasteiger partial charge on any atom is -0.507 e. The van der Waals surface area contributed by atoms with Crippen molar-refractivity contribution in [3.63, 3.8) is 0 Å². The van der Waals surface area contributed by atoms with Crippen molar-refractivity contribution in [3.8, 4) is 67.5 Å². The minimum atomic E-state index is -0.474. The summed E-state index contributed by atoms with van der Waals surface area (Å²) in [6.45, 7) is 26.8. The summed E-state index contributed by atoms with van der Waals surface area (Å²) in [7, 11) is 0. The number of rotatable bonds is 7. The number of benzene rings is 6. The van der Waals surface area contributed by atoms with Crippen molar-refractivity contribution in [1.82, 2.24) is 14.5 Å². The molecule has 0 unspecified atom stereocenters. The molecule has 342 valence electrons.